The van der Waals surface area contributed by atoms with Crippen LogP contribution in [0.15, 0.2) is 59.4 Å². The Bertz CT molecular complexity index is 1090. The van der Waals surface area contributed by atoms with E-state index in [2.05, 4.69) is 10.3 Å². The summed E-state index contributed by atoms with van der Waals surface area (Å²) in [5, 5.41) is 3.98. The molecule has 31 heavy (non-hydrogen) atoms. The molecule has 0 aliphatic carbocycles. The number of nitrogens with one attached hydrogen (secondary N) is 1. The number of likely N-dealkylation sites (tertiary alicyclic amines) is 1. The Morgan fingerprint density at radius 3 is 2.74 bits per heavy atom. The zero-order chi connectivity index (χ0) is 21.3. The van der Waals surface area contributed by atoms with Gasteiger partial charge in [-0.2, -0.15) is 0 Å². The molecule has 1 aromatic carbocycles. The average molecular weight is 419 g/mol. The van der Waals surface area contributed by atoms with Gasteiger partial charge in [-0.25, -0.2) is 4.98 Å². The monoisotopic (exact) mass is 419 g/mol. The number of hydrogen-bond acceptors (Lipinski definition) is 5. The van der Waals surface area contributed by atoms with Crippen LogP contribution in [0.2, 0.25) is 0 Å². The number of piperidine rings is 1. The fraction of sp³-hybridized carbons (Fsp3) is 0.375. The lowest BCUT2D eigenvalue weighted by atomic mass is 9.88. The van der Waals surface area contributed by atoms with E-state index in [1.165, 1.54) is 12.5 Å². The molecule has 2 fully saturated rings. The number of furan rings is 1. The third kappa shape index (κ3) is 4.05. The summed E-state index contributed by atoms with van der Waals surface area (Å²) in [4.78, 5) is 31.4. The summed E-state index contributed by atoms with van der Waals surface area (Å²) in [5.41, 5.74) is 1.62. The quantitative estimate of drug-likeness (QED) is 0.701. The third-order valence-corrected chi connectivity index (χ3v) is 6.39. The molecule has 0 bridgehead atoms. The molecule has 1 spiro atoms. The third-order valence-electron chi connectivity index (χ3n) is 6.39. The average Bonchev–Trinajstić information content (AvgIpc) is 3.48. The van der Waals surface area contributed by atoms with Crippen LogP contribution in [0.1, 0.15) is 46.5 Å². The first-order valence-electron chi connectivity index (χ1n) is 10.8. The first-order chi connectivity index (χ1) is 15.1. The summed E-state index contributed by atoms with van der Waals surface area (Å²) in [7, 11) is 0. The van der Waals surface area contributed by atoms with Crippen molar-refractivity contribution < 1.29 is 18.7 Å². The smallest absolute Gasteiger partial charge is 0.269 e. The Kier molecular flexibility index (Phi) is 5.19. The van der Waals surface area contributed by atoms with E-state index in [0.29, 0.717) is 30.9 Å². The Morgan fingerprint density at radius 2 is 1.94 bits per heavy atom. The molecule has 0 saturated carbocycles. The fourth-order valence-corrected chi connectivity index (χ4v) is 4.58. The fourth-order valence-electron chi connectivity index (χ4n) is 4.58. The molecule has 2 aromatic heterocycles. The molecule has 2 saturated heterocycles. The number of amides is 2. The van der Waals surface area contributed by atoms with Gasteiger partial charge in [0.15, 0.2) is 0 Å². The molecular weight excluding hydrogens is 394 g/mol. The molecular formula is C24H25N3O4. The minimum absolute atomic E-state index is 0.00768. The summed E-state index contributed by atoms with van der Waals surface area (Å²) < 4.78 is 11.4. The van der Waals surface area contributed by atoms with Crippen molar-refractivity contribution in [1.82, 2.24) is 15.2 Å². The zero-order valence-electron chi connectivity index (χ0n) is 17.3. The molecule has 2 aliphatic heterocycles. The number of pyridine rings is 1. The number of nitrogens with zero attached hydrogens (tertiary/aromatic N) is 2. The van der Waals surface area contributed by atoms with Crippen LogP contribution in [0.5, 0.6) is 0 Å². The minimum Gasteiger partial charge on any atom is -0.472 e. The van der Waals surface area contributed by atoms with E-state index in [1.54, 1.807) is 12.1 Å². The first-order valence-corrected chi connectivity index (χ1v) is 10.8. The van der Waals surface area contributed by atoms with Crippen LogP contribution < -0.4 is 5.32 Å². The van der Waals surface area contributed by atoms with E-state index >= 15 is 0 Å². The number of rotatable bonds is 4. The van der Waals surface area contributed by atoms with Gasteiger partial charge in [-0.1, -0.05) is 24.3 Å². The van der Waals surface area contributed by atoms with E-state index in [1.807, 2.05) is 35.2 Å². The van der Waals surface area contributed by atoms with Crippen molar-refractivity contribution in [3.8, 4) is 0 Å². The number of ether oxygens (including phenoxy) is 1. The van der Waals surface area contributed by atoms with Crippen LogP contribution in [0, 0.1) is 0 Å². The van der Waals surface area contributed by atoms with E-state index < -0.39 is 0 Å². The lowest BCUT2D eigenvalue weighted by Crippen LogP contribution is -2.47. The molecule has 0 radical (unpaired) electrons. The first kappa shape index (κ1) is 19.8. The van der Waals surface area contributed by atoms with Crippen molar-refractivity contribution in [2.24, 2.45) is 0 Å². The second-order valence-corrected chi connectivity index (χ2v) is 8.36. The van der Waals surface area contributed by atoms with Gasteiger partial charge in [0.2, 0.25) is 0 Å². The van der Waals surface area contributed by atoms with Crippen LogP contribution in [0.3, 0.4) is 0 Å². The topological polar surface area (TPSA) is 84.7 Å². The molecule has 7 nitrogen and oxygen atoms in total. The summed E-state index contributed by atoms with van der Waals surface area (Å²) in [5.74, 6) is -0.177. The Balaban J connectivity index is 1.13. The standard InChI is InChI=1S/C24H25N3O4/c28-22(21-6-5-17-3-1-2-4-20(17)26-21)25-15-19-7-9-24(31-19)10-12-27(13-11-24)23(29)18-8-14-30-16-18/h1-6,8,14,16,19H,7,9-13,15H2,(H,25,28). The lowest BCUT2D eigenvalue weighted by Gasteiger charge is -2.39. The summed E-state index contributed by atoms with van der Waals surface area (Å²) in [6, 6.07) is 13.1. The molecule has 1 unspecified atom stereocenters. The second-order valence-electron chi connectivity index (χ2n) is 8.36. The highest BCUT2D eigenvalue weighted by Gasteiger charge is 2.43. The van der Waals surface area contributed by atoms with Gasteiger partial charge >= 0.3 is 0 Å². The van der Waals surface area contributed by atoms with Crippen LogP contribution in [0.4, 0.5) is 0 Å². The highest BCUT2D eigenvalue weighted by Crippen LogP contribution is 2.39. The normalized spacial score (nSPS) is 20.3. The van der Waals surface area contributed by atoms with Gasteiger partial charge in [-0.05, 0) is 43.9 Å². The SMILES string of the molecule is O=C(NCC1CCC2(CCN(C(=O)c3ccoc3)CC2)O1)c1ccc2ccccc2n1. The number of benzene rings is 1. The number of hydrogen-bond donors (Lipinski definition) is 1. The van der Waals surface area contributed by atoms with Crippen molar-refractivity contribution >= 4 is 22.7 Å². The summed E-state index contributed by atoms with van der Waals surface area (Å²) >= 11 is 0. The van der Waals surface area contributed by atoms with Crippen LogP contribution in [-0.2, 0) is 4.74 Å². The highest BCUT2D eigenvalue weighted by molar-refractivity contribution is 5.95. The van der Waals surface area contributed by atoms with Gasteiger partial charge < -0.3 is 19.4 Å². The van der Waals surface area contributed by atoms with Gasteiger partial charge in [0, 0.05) is 25.0 Å². The van der Waals surface area contributed by atoms with Gasteiger partial charge in [0.1, 0.15) is 12.0 Å². The number of aromatic nitrogens is 1. The Morgan fingerprint density at radius 1 is 1.10 bits per heavy atom. The molecule has 7 heteroatoms. The molecule has 2 amide bonds. The Hall–Kier alpha value is -3.19. The van der Waals surface area contributed by atoms with Crippen molar-refractivity contribution in [3.63, 3.8) is 0 Å². The Labute approximate surface area is 180 Å². The summed E-state index contributed by atoms with van der Waals surface area (Å²) in [6.45, 7) is 1.81. The zero-order valence-corrected chi connectivity index (χ0v) is 17.3. The summed E-state index contributed by atoms with van der Waals surface area (Å²) in [6.07, 6.45) is 6.48. The van der Waals surface area contributed by atoms with E-state index in [9.17, 15) is 9.59 Å². The lowest BCUT2D eigenvalue weighted by molar-refractivity contribution is -0.0712. The number of carbonyl (C=O) groups excluding carboxylic acids is 2. The van der Waals surface area contributed by atoms with Gasteiger partial charge in [0.05, 0.1) is 29.0 Å². The van der Waals surface area contributed by atoms with Crippen LogP contribution in [0.25, 0.3) is 10.9 Å². The molecule has 160 valence electrons. The molecule has 1 N–H and O–H groups in total. The minimum atomic E-state index is -0.191. The maximum atomic E-state index is 12.6. The van der Waals surface area contributed by atoms with Crippen LogP contribution >= 0.6 is 0 Å². The predicted molar refractivity (Wildman–Crippen MR) is 115 cm³/mol. The largest absolute Gasteiger partial charge is 0.472 e. The van der Waals surface area contributed by atoms with E-state index in [-0.39, 0.29) is 23.5 Å². The molecule has 2 aliphatic rings. The molecule has 4 heterocycles. The highest BCUT2D eigenvalue weighted by atomic mass is 16.5. The molecule has 5 rings (SSSR count). The van der Waals surface area contributed by atoms with Crippen molar-refractivity contribution in [2.45, 2.75) is 37.4 Å². The van der Waals surface area contributed by atoms with Crippen molar-refractivity contribution in [1.29, 1.82) is 0 Å². The van der Waals surface area contributed by atoms with E-state index in [0.717, 1.165) is 36.6 Å². The van der Waals surface area contributed by atoms with Crippen molar-refractivity contribution in [2.75, 3.05) is 19.6 Å². The van der Waals surface area contributed by atoms with Gasteiger partial charge in [0.25, 0.3) is 11.8 Å². The maximum Gasteiger partial charge on any atom is 0.269 e. The second kappa shape index (κ2) is 8.15. The molecule has 1 atom stereocenters. The van der Waals surface area contributed by atoms with Gasteiger partial charge in [-0.3, -0.25) is 9.59 Å². The van der Waals surface area contributed by atoms with Crippen molar-refractivity contribution in [3.05, 3.63) is 66.2 Å². The number of para-hydroxylation sites is 1. The number of fused-ring (bicyclic) bond motifs is 1. The van der Waals surface area contributed by atoms with E-state index in [4.69, 9.17) is 9.15 Å². The number of carbonyl (C=O) groups is 2. The van der Waals surface area contributed by atoms with Gasteiger partial charge in [-0.15, -0.1) is 0 Å². The molecule has 3 aromatic rings. The van der Waals surface area contributed by atoms with Crippen LogP contribution in [-0.4, -0.2) is 53.0 Å². The maximum absolute atomic E-state index is 12.6. The predicted octanol–water partition coefficient (Wildman–Crippen LogP) is 3.41.